The minimum absolute atomic E-state index is 0.0375. The van der Waals surface area contributed by atoms with Crippen molar-refractivity contribution in [2.75, 3.05) is 39.6 Å². The van der Waals surface area contributed by atoms with Crippen molar-refractivity contribution in [3.8, 4) is 79.0 Å². The Hall–Kier alpha value is -12.0. The number of nitrogens with zero attached hydrogens (tertiary/aromatic N) is 2. The van der Waals surface area contributed by atoms with Crippen LogP contribution in [-0.4, -0.2) is 151 Å². The number of aromatic carboxylic acids is 2. The third-order valence-electron chi connectivity index (χ3n) is 14.8. The lowest BCUT2D eigenvalue weighted by atomic mass is 10.0. The molecule has 0 unspecified atom stereocenters. The van der Waals surface area contributed by atoms with E-state index >= 15 is 0 Å². The molecule has 108 heavy (non-hydrogen) atoms. The van der Waals surface area contributed by atoms with E-state index in [1.54, 1.807) is 197 Å². The Balaban J connectivity index is 1.47. The highest BCUT2D eigenvalue weighted by Crippen LogP contribution is 2.49. The topological polar surface area (TPSA) is 345 Å². The molecule has 4 N–H and O–H groups in total. The summed E-state index contributed by atoms with van der Waals surface area (Å²) in [6.07, 6.45) is 6.79. The van der Waals surface area contributed by atoms with Crippen molar-refractivity contribution in [2.45, 2.75) is 158 Å². The van der Waals surface area contributed by atoms with Gasteiger partial charge in [-0.1, -0.05) is 24.3 Å². The average Bonchev–Trinajstić information content (AvgIpc) is 1.56. The number of esters is 6. The fourth-order valence-electron chi connectivity index (χ4n) is 11.2. The maximum Gasteiger partial charge on any atom is 0.344 e. The van der Waals surface area contributed by atoms with Crippen molar-refractivity contribution < 1.29 is 105 Å². The quantitative estimate of drug-likeness (QED) is 0.0322. The molecule has 0 radical (unpaired) electrons. The number of nitrogens with one attached hydrogen (secondary N) is 2. The zero-order chi connectivity index (χ0) is 79.2. The molecule has 0 amide bonds. The lowest BCUT2D eigenvalue weighted by Gasteiger charge is -2.23. The molecule has 4 aromatic carbocycles. The van der Waals surface area contributed by atoms with Crippen molar-refractivity contribution in [3.63, 3.8) is 0 Å². The lowest BCUT2D eigenvalue weighted by Crippen LogP contribution is -2.28. The number of H-pyrrole nitrogens is 2. The zero-order valence-electron chi connectivity index (χ0n) is 63.7. The van der Waals surface area contributed by atoms with E-state index in [0.717, 1.165) is 0 Å². The number of carboxylic acids is 2. The predicted molar refractivity (Wildman–Crippen MR) is 403 cm³/mol. The first-order valence-corrected chi connectivity index (χ1v) is 34.6. The number of carbonyl (C=O) groups excluding carboxylic acids is 6. The molecule has 2 aliphatic heterocycles. The van der Waals surface area contributed by atoms with Crippen molar-refractivity contribution in [2.24, 2.45) is 0 Å². The third-order valence-corrected chi connectivity index (χ3v) is 14.8. The Morgan fingerprint density at radius 3 is 0.731 bits per heavy atom. The Morgan fingerprint density at radius 1 is 0.296 bits per heavy atom. The highest BCUT2D eigenvalue weighted by atomic mass is 16.6. The molecule has 0 spiro atoms. The lowest BCUT2D eigenvalue weighted by molar-refractivity contribution is -0.158. The van der Waals surface area contributed by atoms with Crippen LogP contribution in [0.5, 0.6) is 34.5 Å². The molecule has 5 heterocycles. The molecule has 0 atom stereocenters. The summed E-state index contributed by atoms with van der Waals surface area (Å²) in [5, 5.41) is 20.5. The van der Waals surface area contributed by atoms with Gasteiger partial charge in [-0.2, -0.15) is 0 Å². The summed E-state index contributed by atoms with van der Waals surface area (Å²) >= 11 is 0. The molecule has 9 rings (SSSR count). The summed E-state index contributed by atoms with van der Waals surface area (Å²) in [5.74, 6) is -7.53. The molecule has 7 aromatic rings. The summed E-state index contributed by atoms with van der Waals surface area (Å²) in [6.45, 7) is 26.4. The van der Waals surface area contributed by atoms with E-state index in [9.17, 15) is 48.6 Å². The molecule has 0 saturated carbocycles. The molecule has 570 valence electrons. The highest BCUT2D eigenvalue weighted by molar-refractivity contribution is 6.03. The van der Waals surface area contributed by atoms with Gasteiger partial charge >= 0.3 is 47.8 Å². The number of benzene rings is 4. The van der Waals surface area contributed by atoms with Gasteiger partial charge in [-0.25, -0.2) is 48.3 Å². The van der Waals surface area contributed by atoms with Crippen LogP contribution in [0.1, 0.15) is 168 Å². The second-order valence-electron chi connectivity index (χ2n) is 31.1. The van der Waals surface area contributed by atoms with Gasteiger partial charge in [0, 0.05) is 68.6 Å². The molecular weight excluding hydrogens is 1390 g/mol. The van der Waals surface area contributed by atoms with Crippen LogP contribution in [-0.2, 0) is 57.2 Å². The van der Waals surface area contributed by atoms with E-state index in [0.29, 0.717) is 33.3 Å². The van der Waals surface area contributed by atoms with Crippen molar-refractivity contribution >= 4 is 94.1 Å². The molecule has 0 saturated heterocycles. The largest absolute Gasteiger partial charge is 0.482 e. The van der Waals surface area contributed by atoms with Crippen molar-refractivity contribution in [3.05, 3.63) is 131 Å². The summed E-state index contributed by atoms with van der Waals surface area (Å²) in [5.41, 5.74) is -1.43. The number of aromatic amines is 2. The second kappa shape index (κ2) is 32.0. The van der Waals surface area contributed by atoms with Crippen LogP contribution < -0.4 is 28.4 Å². The Bertz CT molecular complexity index is 4470. The van der Waals surface area contributed by atoms with Crippen molar-refractivity contribution in [1.82, 2.24) is 19.9 Å². The Labute approximate surface area is 624 Å². The first-order chi connectivity index (χ1) is 50.3. The molecule has 26 nitrogen and oxygen atoms in total. The fourth-order valence-corrected chi connectivity index (χ4v) is 11.2. The number of hydrogen-bond donors (Lipinski definition) is 4. The summed E-state index contributed by atoms with van der Waals surface area (Å²) < 4.78 is 72.5. The minimum atomic E-state index is -1.20. The predicted octanol–water partition coefficient (Wildman–Crippen LogP) is 15.0. The number of hydrogen-bond acceptors (Lipinski definition) is 22. The first kappa shape index (κ1) is 80.1. The van der Waals surface area contributed by atoms with Crippen LogP contribution in [0, 0.1) is 0 Å². The third kappa shape index (κ3) is 22.1. The van der Waals surface area contributed by atoms with Crippen LogP contribution in [0.15, 0.2) is 97.1 Å². The second-order valence-corrected chi connectivity index (χ2v) is 31.1. The summed E-state index contributed by atoms with van der Waals surface area (Å²) in [7, 11) is 0. The summed E-state index contributed by atoms with van der Waals surface area (Å²) in [4.78, 5) is 125. The zero-order valence-corrected chi connectivity index (χ0v) is 63.7. The number of carboxylic acid groups (broad SMARTS) is 2. The average molecular weight is 1480 g/mol. The van der Waals surface area contributed by atoms with Crippen molar-refractivity contribution in [1.29, 1.82) is 0 Å². The Morgan fingerprint density at radius 2 is 0.509 bits per heavy atom. The van der Waals surface area contributed by atoms with Crippen LogP contribution in [0.3, 0.4) is 0 Å². The van der Waals surface area contributed by atoms with Gasteiger partial charge in [0.05, 0.1) is 45.0 Å². The standard InChI is InChI=1S/C82H90N4O22/c1-77(2,3)103-63(87)39-97-49-35-59(99-41-65(89)105-79(7,8)9)73(60(36-49)100-42-66(90)106-80(10,11)12)71-55-31-27-51(83-55)69(45-19-23-47(24-20-45)75(93)94)53-29-33-57(85-53)72(58-34-30-54(86-58)70(52-28-32-56(71)84-52)46-21-25-48(26-22-46)76(95)96)74-61(101-43-67(91)107-81(13,14)15)37-50(98-40-64(88)104-78(4,5)6)38-62(74)102-44-68(92)108-82(16,17)18/h19-38,83,86H,39-44H2,1-18H3,(H,93,94)(H,95,96). The molecule has 0 fully saturated rings. The van der Waals surface area contributed by atoms with Gasteiger partial charge in [-0.15, -0.1) is 0 Å². The monoisotopic (exact) mass is 1480 g/mol. The number of aromatic nitrogens is 4. The molecular formula is C82H90N4O22. The van der Waals surface area contributed by atoms with Gasteiger partial charge in [0.1, 0.15) is 68.1 Å². The normalized spacial score (nSPS) is 12.3. The smallest absolute Gasteiger partial charge is 0.344 e. The maximum absolute atomic E-state index is 13.8. The van der Waals surface area contributed by atoms with E-state index in [-0.39, 0.29) is 102 Å². The highest BCUT2D eigenvalue weighted by Gasteiger charge is 2.31. The number of carbonyl (C=O) groups is 8. The van der Waals surface area contributed by atoms with E-state index in [1.807, 2.05) is 0 Å². The molecule has 8 bridgehead atoms. The van der Waals surface area contributed by atoms with Gasteiger partial charge < -0.3 is 77.0 Å². The van der Waals surface area contributed by atoms with Gasteiger partial charge in [-0.3, -0.25) is 0 Å². The Kier molecular flexibility index (Phi) is 23.8. The maximum atomic E-state index is 13.8. The van der Waals surface area contributed by atoms with E-state index < -0.39 is 121 Å². The van der Waals surface area contributed by atoms with Crippen LogP contribution in [0.2, 0.25) is 0 Å². The van der Waals surface area contributed by atoms with Crippen LogP contribution in [0.25, 0.3) is 90.9 Å². The first-order valence-electron chi connectivity index (χ1n) is 34.6. The molecule has 26 heteroatoms. The fraction of sp³-hybridized carbons (Fsp3) is 0.366. The van der Waals surface area contributed by atoms with E-state index in [1.165, 1.54) is 48.5 Å². The van der Waals surface area contributed by atoms with Gasteiger partial charge in [0.2, 0.25) is 0 Å². The molecule has 2 aliphatic rings. The van der Waals surface area contributed by atoms with E-state index in [2.05, 4.69) is 9.97 Å². The van der Waals surface area contributed by atoms with Crippen LogP contribution in [0.4, 0.5) is 0 Å². The number of rotatable bonds is 24. The van der Waals surface area contributed by atoms with Crippen LogP contribution >= 0.6 is 0 Å². The van der Waals surface area contributed by atoms with Gasteiger partial charge in [-0.05, 0) is 209 Å². The molecule has 0 aliphatic carbocycles. The molecule has 3 aromatic heterocycles. The van der Waals surface area contributed by atoms with Gasteiger partial charge in [0.25, 0.3) is 0 Å². The number of ether oxygens (including phenoxy) is 12. The number of fused-ring (bicyclic) bond motifs is 8. The summed E-state index contributed by atoms with van der Waals surface area (Å²) in [6, 6.07) is 24.7. The van der Waals surface area contributed by atoms with Gasteiger partial charge in [0.15, 0.2) is 39.6 Å². The van der Waals surface area contributed by atoms with E-state index in [4.69, 9.17) is 66.8 Å². The SMILES string of the molecule is CC(C)(C)OC(=O)COc1cc(OCC(=O)OC(C)(C)C)c(-c2c3nc(c(-c4ccc(C(=O)O)cc4)c4ccc([nH]4)c(-c4c(OCC(=O)OC(C)(C)C)cc(OCC(=O)OC(C)(C)C)cc4OCC(=O)OC(C)(C)C)c4nc(c(-c5ccc(C(=O)O)cc5)c5ccc2[nH]5)C=C4)C=C3)c(OCC(=O)OC(C)(C)C)c1. The minimum Gasteiger partial charge on any atom is -0.482 e.